The molecule has 10 heteroatoms. The van der Waals surface area contributed by atoms with E-state index >= 15 is 0 Å². The van der Waals surface area contributed by atoms with E-state index in [9.17, 15) is 18.0 Å². The predicted octanol–water partition coefficient (Wildman–Crippen LogP) is 2.89. The van der Waals surface area contributed by atoms with Crippen LogP contribution in [-0.2, 0) is 17.4 Å². The molecule has 1 N–H and O–H groups in total. The SMILES string of the molecule is Cc1cc(CC(=O)Nc2ncn3c(C(F)(F)F)csc23)on1. The number of rotatable bonds is 3. The number of hydrogen-bond acceptors (Lipinski definition) is 5. The zero-order valence-electron chi connectivity index (χ0n) is 11.1. The van der Waals surface area contributed by atoms with Gasteiger partial charge in [-0.2, -0.15) is 13.2 Å². The van der Waals surface area contributed by atoms with Crippen LogP contribution >= 0.6 is 11.3 Å². The maximum Gasteiger partial charge on any atom is 0.432 e. The summed E-state index contributed by atoms with van der Waals surface area (Å²) in [5.41, 5.74) is -0.188. The lowest BCUT2D eigenvalue weighted by Crippen LogP contribution is -2.14. The highest BCUT2D eigenvalue weighted by Gasteiger charge is 2.35. The summed E-state index contributed by atoms with van der Waals surface area (Å²) in [6.07, 6.45) is -3.52. The van der Waals surface area contributed by atoms with Crippen LogP contribution in [-0.4, -0.2) is 20.4 Å². The molecule has 0 bridgehead atoms. The van der Waals surface area contributed by atoms with Gasteiger partial charge in [0.05, 0.1) is 12.1 Å². The Morgan fingerprint density at radius 2 is 2.27 bits per heavy atom. The zero-order valence-corrected chi connectivity index (χ0v) is 12.0. The first-order valence-electron chi connectivity index (χ1n) is 6.08. The minimum Gasteiger partial charge on any atom is -0.361 e. The van der Waals surface area contributed by atoms with Gasteiger partial charge in [-0.15, -0.1) is 11.3 Å². The lowest BCUT2D eigenvalue weighted by molar-refractivity contribution is -0.141. The van der Waals surface area contributed by atoms with Gasteiger partial charge in [0.15, 0.2) is 5.82 Å². The van der Waals surface area contributed by atoms with Crippen molar-refractivity contribution in [2.75, 3.05) is 5.32 Å². The van der Waals surface area contributed by atoms with E-state index in [4.69, 9.17) is 4.52 Å². The average Bonchev–Trinajstić information content (AvgIpc) is 3.06. The Balaban J connectivity index is 1.79. The predicted molar refractivity (Wildman–Crippen MR) is 71.6 cm³/mol. The molecule has 22 heavy (non-hydrogen) atoms. The van der Waals surface area contributed by atoms with Crippen LogP contribution in [0.25, 0.3) is 4.83 Å². The van der Waals surface area contributed by atoms with Crippen LogP contribution in [0.4, 0.5) is 19.0 Å². The number of aromatic nitrogens is 3. The number of nitrogens with one attached hydrogen (secondary N) is 1. The van der Waals surface area contributed by atoms with Crippen LogP contribution < -0.4 is 5.32 Å². The third-order valence-corrected chi connectivity index (χ3v) is 3.78. The summed E-state index contributed by atoms with van der Waals surface area (Å²) in [4.78, 5) is 15.9. The zero-order chi connectivity index (χ0) is 15.9. The fourth-order valence-corrected chi connectivity index (χ4v) is 2.86. The van der Waals surface area contributed by atoms with Gasteiger partial charge in [0, 0.05) is 11.4 Å². The molecule has 3 aromatic heterocycles. The normalized spacial score (nSPS) is 12.0. The molecule has 116 valence electrons. The smallest absolute Gasteiger partial charge is 0.361 e. The molecule has 0 atom stereocenters. The monoisotopic (exact) mass is 330 g/mol. The number of hydrogen-bond donors (Lipinski definition) is 1. The van der Waals surface area contributed by atoms with E-state index in [-0.39, 0.29) is 17.1 Å². The van der Waals surface area contributed by atoms with Crippen molar-refractivity contribution >= 4 is 27.9 Å². The molecular weight excluding hydrogens is 321 g/mol. The molecule has 3 rings (SSSR count). The molecule has 0 aliphatic heterocycles. The Bertz CT molecular complexity index is 833. The van der Waals surface area contributed by atoms with E-state index in [1.54, 1.807) is 13.0 Å². The first-order chi connectivity index (χ1) is 10.3. The number of fused-ring (bicyclic) bond motifs is 1. The van der Waals surface area contributed by atoms with E-state index < -0.39 is 17.8 Å². The van der Waals surface area contributed by atoms with E-state index in [0.717, 1.165) is 27.4 Å². The fraction of sp³-hybridized carbons (Fsp3) is 0.250. The molecule has 1 amide bonds. The van der Waals surface area contributed by atoms with Crippen molar-refractivity contribution in [1.29, 1.82) is 0 Å². The molecule has 0 fully saturated rings. The van der Waals surface area contributed by atoms with Crippen molar-refractivity contribution in [2.24, 2.45) is 0 Å². The number of carbonyl (C=O) groups excluding carboxylic acids is 1. The molecule has 6 nitrogen and oxygen atoms in total. The second-order valence-corrected chi connectivity index (χ2v) is 5.40. The molecule has 0 aromatic carbocycles. The summed E-state index contributed by atoms with van der Waals surface area (Å²) in [5.74, 6) is 0.00746. The van der Waals surface area contributed by atoms with Crippen LogP contribution in [0.1, 0.15) is 17.1 Å². The Morgan fingerprint density at radius 3 is 2.91 bits per heavy atom. The van der Waals surface area contributed by atoms with E-state index in [1.165, 1.54) is 0 Å². The van der Waals surface area contributed by atoms with Crippen LogP contribution in [0.3, 0.4) is 0 Å². The fourth-order valence-electron chi connectivity index (χ4n) is 1.91. The molecular formula is C12H9F3N4O2S. The van der Waals surface area contributed by atoms with Crippen LogP contribution in [0.5, 0.6) is 0 Å². The summed E-state index contributed by atoms with van der Waals surface area (Å²) in [7, 11) is 0. The lowest BCUT2D eigenvalue weighted by atomic mass is 10.3. The van der Waals surface area contributed by atoms with Gasteiger partial charge in [-0.3, -0.25) is 9.20 Å². The van der Waals surface area contributed by atoms with Crippen LogP contribution in [0.15, 0.2) is 22.3 Å². The highest BCUT2D eigenvalue weighted by molar-refractivity contribution is 7.16. The third kappa shape index (κ3) is 2.69. The number of carbonyl (C=O) groups is 1. The number of alkyl halides is 3. The molecule has 0 saturated carbocycles. The Hall–Kier alpha value is -2.36. The molecule has 0 radical (unpaired) electrons. The Labute approximate surface area is 125 Å². The minimum absolute atomic E-state index is 0.0721. The highest BCUT2D eigenvalue weighted by atomic mass is 32.1. The molecule has 0 saturated heterocycles. The standard InChI is InChI=1S/C12H9F3N4O2S/c1-6-2-7(21-18-6)3-9(20)17-10-11-19(5-16-10)8(4-22-11)12(13,14)15/h2,4-5H,3H2,1H3,(H,17,20). The second kappa shape index (κ2) is 5.13. The summed E-state index contributed by atoms with van der Waals surface area (Å²) in [5, 5.41) is 7.10. The molecule has 3 heterocycles. The lowest BCUT2D eigenvalue weighted by Gasteiger charge is -2.03. The van der Waals surface area contributed by atoms with Crippen LogP contribution in [0.2, 0.25) is 0 Å². The summed E-state index contributed by atoms with van der Waals surface area (Å²) in [6.45, 7) is 1.72. The van der Waals surface area contributed by atoms with Gasteiger partial charge in [-0.05, 0) is 6.92 Å². The molecule has 0 aliphatic carbocycles. The Kier molecular flexibility index (Phi) is 3.39. The second-order valence-electron chi connectivity index (χ2n) is 4.55. The maximum absolute atomic E-state index is 12.8. The van der Waals surface area contributed by atoms with Gasteiger partial charge >= 0.3 is 6.18 Å². The van der Waals surface area contributed by atoms with Gasteiger partial charge in [0.1, 0.15) is 22.6 Å². The first kappa shape index (κ1) is 14.6. The summed E-state index contributed by atoms with van der Waals surface area (Å²) in [6, 6.07) is 1.61. The van der Waals surface area contributed by atoms with Crippen molar-refractivity contribution in [2.45, 2.75) is 19.5 Å². The van der Waals surface area contributed by atoms with Crippen molar-refractivity contribution < 1.29 is 22.5 Å². The van der Waals surface area contributed by atoms with Gasteiger partial charge in [-0.1, -0.05) is 5.16 Å². The quantitative estimate of drug-likeness (QED) is 0.801. The van der Waals surface area contributed by atoms with E-state index in [2.05, 4.69) is 15.5 Å². The largest absolute Gasteiger partial charge is 0.432 e. The Morgan fingerprint density at radius 1 is 1.50 bits per heavy atom. The number of thiazole rings is 1. The summed E-state index contributed by atoms with van der Waals surface area (Å²) >= 11 is 0.856. The molecule has 0 aliphatic rings. The van der Waals surface area contributed by atoms with Crippen molar-refractivity contribution in [3.8, 4) is 0 Å². The van der Waals surface area contributed by atoms with Crippen molar-refractivity contribution in [3.05, 3.63) is 34.9 Å². The molecule has 0 spiro atoms. The topological polar surface area (TPSA) is 72.4 Å². The molecule has 3 aromatic rings. The number of anilines is 1. The van der Waals surface area contributed by atoms with E-state index in [0.29, 0.717) is 11.5 Å². The number of imidazole rings is 1. The minimum atomic E-state index is -4.47. The van der Waals surface area contributed by atoms with Crippen LogP contribution in [0, 0.1) is 6.92 Å². The van der Waals surface area contributed by atoms with Crippen molar-refractivity contribution in [1.82, 2.24) is 14.5 Å². The number of aryl methyl sites for hydroxylation is 1. The number of amides is 1. The van der Waals surface area contributed by atoms with E-state index in [1.807, 2.05) is 0 Å². The highest BCUT2D eigenvalue weighted by Crippen LogP contribution is 2.34. The van der Waals surface area contributed by atoms with Gasteiger partial charge in [0.25, 0.3) is 0 Å². The maximum atomic E-state index is 12.8. The first-order valence-corrected chi connectivity index (χ1v) is 6.96. The average molecular weight is 330 g/mol. The number of halogens is 3. The number of nitrogens with zero attached hydrogens (tertiary/aromatic N) is 3. The van der Waals surface area contributed by atoms with Gasteiger partial charge < -0.3 is 9.84 Å². The van der Waals surface area contributed by atoms with Gasteiger partial charge in [-0.25, -0.2) is 4.98 Å². The summed E-state index contributed by atoms with van der Waals surface area (Å²) < 4.78 is 44.1. The molecule has 0 unspecified atom stereocenters. The third-order valence-electron chi connectivity index (χ3n) is 2.83. The van der Waals surface area contributed by atoms with Crippen molar-refractivity contribution in [3.63, 3.8) is 0 Å². The van der Waals surface area contributed by atoms with Gasteiger partial charge in [0.2, 0.25) is 5.91 Å².